The van der Waals surface area contributed by atoms with Gasteiger partial charge in [0.1, 0.15) is 0 Å². The molecule has 2 amide bonds. The first kappa shape index (κ1) is 23.8. The van der Waals surface area contributed by atoms with E-state index in [9.17, 15) is 13.2 Å². The summed E-state index contributed by atoms with van der Waals surface area (Å²) >= 11 is 0. The van der Waals surface area contributed by atoms with Gasteiger partial charge in [-0.25, -0.2) is 17.9 Å². The van der Waals surface area contributed by atoms with Crippen LogP contribution in [0.15, 0.2) is 17.6 Å². The molecule has 3 rings (SSSR count). The van der Waals surface area contributed by atoms with Crippen molar-refractivity contribution in [1.29, 1.82) is 0 Å². The Morgan fingerprint density at radius 2 is 1.74 bits per heavy atom. The van der Waals surface area contributed by atoms with Crippen molar-refractivity contribution >= 4 is 21.7 Å². The summed E-state index contributed by atoms with van der Waals surface area (Å²) in [5.74, 6) is 0.644. The van der Waals surface area contributed by atoms with Crippen molar-refractivity contribution in [3.8, 4) is 0 Å². The minimum Gasteiger partial charge on any atom is -0.307 e. The third-order valence-electron chi connectivity index (χ3n) is 6.06. The van der Waals surface area contributed by atoms with Gasteiger partial charge < -0.3 is 10.2 Å². The maximum absolute atomic E-state index is 12.5. The highest BCUT2D eigenvalue weighted by Gasteiger charge is 2.25. The van der Waals surface area contributed by atoms with E-state index in [1.165, 1.54) is 22.3 Å². The fraction of sp³-hybridized carbons (Fsp3) is 0.625. The Morgan fingerprint density at radius 3 is 2.35 bits per heavy atom. The average molecular weight is 448 g/mol. The summed E-state index contributed by atoms with van der Waals surface area (Å²) in [7, 11) is -1.69. The van der Waals surface area contributed by atoms with Gasteiger partial charge in [-0.2, -0.15) is 0 Å². The third-order valence-corrected chi connectivity index (χ3v) is 7.08. The van der Waals surface area contributed by atoms with E-state index in [-0.39, 0.29) is 0 Å². The van der Waals surface area contributed by atoms with Crippen molar-refractivity contribution in [2.24, 2.45) is 5.92 Å². The molecular formula is C24H37N3O3S. The van der Waals surface area contributed by atoms with Gasteiger partial charge in [0.25, 0.3) is 10.0 Å². The van der Waals surface area contributed by atoms with Gasteiger partial charge in [-0.05, 0) is 99.6 Å². The standard InChI is InChI=1S/C24H37N3O3S/c1-18(2)17-27(3)14-6-4-5-7-15-31(29,30)26-24(28)25-23-21-12-8-10-19(21)16-20-11-9-13-22(20)23/h7,15-16,18H,4-6,8-14,17H2,1-3H3,(H2,25,26,28)/b15-7+. The SMILES string of the molecule is CC(C)CN(C)CCCC/C=C/S(=O)(=O)NC(=O)Nc1c2c(cc3c1CCC3)CCC2. The molecule has 0 heterocycles. The highest BCUT2D eigenvalue weighted by atomic mass is 32.2. The van der Waals surface area contributed by atoms with Crippen LogP contribution in [0.2, 0.25) is 0 Å². The zero-order valence-corrected chi connectivity index (χ0v) is 20.0. The molecule has 0 bridgehead atoms. The number of rotatable bonds is 10. The Bertz CT molecular complexity index is 890. The predicted molar refractivity (Wildman–Crippen MR) is 127 cm³/mol. The number of amides is 2. The topological polar surface area (TPSA) is 78.5 Å². The van der Waals surface area contributed by atoms with E-state index in [1.807, 2.05) is 0 Å². The second kappa shape index (κ2) is 10.6. The van der Waals surface area contributed by atoms with Crippen molar-refractivity contribution in [1.82, 2.24) is 9.62 Å². The molecule has 0 fully saturated rings. The van der Waals surface area contributed by atoms with Crippen molar-refractivity contribution in [2.45, 2.75) is 71.6 Å². The molecule has 2 aliphatic carbocycles. The van der Waals surface area contributed by atoms with Crippen LogP contribution < -0.4 is 10.0 Å². The average Bonchev–Trinajstić information content (AvgIpc) is 3.32. The fourth-order valence-corrected chi connectivity index (χ4v) is 5.59. The lowest BCUT2D eigenvalue weighted by molar-refractivity contribution is 0.256. The minimum atomic E-state index is -3.80. The van der Waals surface area contributed by atoms with Crippen LogP contribution in [0, 0.1) is 5.92 Å². The number of urea groups is 1. The number of nitrogens with zero attached hydrogens (tertiary/aromatic N) is 1. The molecule has 2 aliphatic rings. The van der Waals surface area contributed by atoms with Gasteiger partial charge in [0.05, 0.1) is 0 Å². The number of nitrogens with one attached hydrogen (secondary N) is 2. The predicted octanol–water partition coefficient (Wildman–Crippen LogP) is 4.39. The third kappa shape index (κ3) is 6.81. The second-order valence-electron chi connectivity index (χ2n) is 9.36. The van der Waals surface area contributed by atoms with Gasteiger partial charge in [0.2, 0.25) is 0 Å². The second-order valence-corrected chi connectivity index (χ2v) is 10.9. The van der Waals surface area contributed by atoms with Gasteiger partial charge in [0.15, 0.2) is 0 Å². The molecule has 172 valence electrons. The molecule has 1 aromatic carbocycles. The van der Waals surface area contributed by atoms with Gasteiger partial charge in [-0.1, -0.05) is 26.0 Å². The number of hydrogen-bond acceptors (Lipinski definition) is 4. The monoisotopic (exact) mass is 447 g/mol. The molecule has 2 N–H and O–H groups in total. The van der Waals surface area contributed by atoms with Crippen LogP contribution in [-0.2, 0) is 35.7 Å². The van der Waals surface area contributed by atoms with Gasteiger partial charge in [-0.15, -0.1) is 0 Å². The van der Waals surface area contributed by atoms with E-state index in [2.05, 4.69) is 41.9 Å². The molecule has 31 heavy (non-hydrogen) atoms. The number of fused-ring (bicyclic) bond motifs is 2. The summed E-state index contributed by atoms with van der Waals surface area (Å²) in [6, 6.07) is 1.61. The zero-order valence-electron chi connectivity index (χ0n) is 19.2. The Labute approximate surface area is 187 Å². The van der Waals surface area contributed by atoms with E-state index in [0.29, 0.717) is 12.3 Å². The van der Waals surface area contributed by atoms with Crippen LogP contribution in [0.5, 0.6) is 0 Å². The van der Waals surface area contributed by atoms with Crippen molar-refractivity contribution in [3.63, 3.8) is 0 Å². The maximum atomic E-state index is 12.5. The van der Waals surface area contributed by atoms with Gasteiger partial charge in [0, 0.05) is 17.6 Å². The minimum absolute atomic E-state index is 0.644. The molecule has 0 saturated carbocycles. The summed E-state index contributed by atoms with van der Waals surface area (Å²) in [6.45, 7) is 6.47. The molecule has 7 heteroatoms. The zero-order chi connectivity index (χ0) is 22.4. The van der Waals surface area contributed by atoms with Gasteiger partial charge >= 0.3 is 6.03 Å². The first-order chi connectivity index (χ1) is 14.7. The largest absolute Gasteiger partial charge is 0.333 e. The van der Waals surface area contributed by atoms with Crippen LogP contribution in [0.3, 0.4) is 0 Å². The van der Waals surface area contributed by atoms with Crippen molar-refractivity contribution < 1.29 is 13.2 Å². The smallest absolute Gasteiger partial charge is 0.307 e. The number of aryl methyl sites for hydroxylation is 2. The lowest BCUT2D eigenvalue weighted by Gasteiger charge is -2.18. The van der Waals surface area contributed by atoms with Crippen LogP contribution >= 0.6 is 0 Å². The van der Waals surface area contributed by atoms with Crippen molar-refractivity contribution in [3.05, 3.63) is 39.8 Å². The first-order valence-corrected chi connectivity index (χ1v) is 13.1. The molecule has 0 aromatic heterocycles. The summed E-state index contributed by atoms with van der Waals surface area (Å²) in [4.78, 5) is 14.8. The molecular weight excluding hydrogens is 410 g/mol. The summed E-state index contributed by atoms with van der Waals surface area (Å²) < 4.78 is 26.7. The molecule has 0 radical (unpaired) electrons. The number of hydrogen-bond donors (Lipinski definition) is 2. The lowest BCUT2D eigenvalue weighted by Crippen LogP contribution is -2.33. The van der Waals surface area contributed by atoms with E-state index in [0.717, 1.165) is 75.6 Å². The number of unbranched alkanes of at least 4 members (excludes halogenated alkanes) is 2. The number of carbonyl (C=O) groups is 1. The Kier molecular flexibility index (Phi) is 8.17. The number of allylic oxidation sites excluding steroid dienone is 1. The number of carbonyl (C=O) groups excluding carboxylic acids is 1. The van der Waals surface area contributed by atoms with Crippen LogP contribution in [0.25, 0.3) is 0 Å². The number of benzene rings is 1. The molecule has 0 spiro atoms. The Hall–Kier alpha value is -1.86. The Balaban J connectivity index is 1.49. The van der Waals surface area contributed by atoms with Gasteiger partial charge in [-0.3, -0.25) is 0 Å². The highest BCUT2D eigenvalue weighted by Crippen LogP contribution is 2.38. The Morgan fingerprint density at radius 1 is 1.10 bits per heavy atom. The first-order valence-electron chi connectivity index (χ1n) is 11.6. The van der Waals surface area contributed by atoms with Crippen LogP contribution in [0.1, 0.15) is 68.2 Å². The summed E-state index contributed by atoms with van der Waals surface area (Å²) in [5.41, 5.74) is 5.83. The molecule has 0 aliphatic heterocycles. The molecule has 0 unspecified atom stereocenters. The van der Waals surface area contributed by atoms with E-state index < -0.39 is 16.1 Å². The maximum Gasteiger partial charge on any atom is 0.333 e. The quantitative estimate of drug-likeness (QED) is 0.522. The van der Waals surface area contributed by atoms with E-state index >= 15 is 0 Å². The molecule has 6 nitrogen and oxygen atoms in total. The summed E-state index contributed by atoms with van der Waals surface area (Å²) in [6.07, 6.45) is 10.4. The van der Waals surface area contributed by atoms with Crippen molar-refractivity contribution in [2.75, 3.05) is 25.5 Å². The molecule has 1 aromatic rings. The number of anilines is 1. The van der Waals surface area contributed by atoms with Crippen LogP contribution in [0.4, 0.5) is 10.5 Å². The fourth-order valence-electron chi connectivity index (χ4n) is 4.82. The van der Waals surface area contributed by atoms with E-state index in [1.54, 1.807) is 6.08 Å². The lowest BCUT2D eigenvalue weighted by atomic mass is 9.99. The highest BCUT2D eigenvalue weighted by molar-refractivity contribution is 7.92. The summed E-state index contributed by atoms with van der Waals surface area (Å²) in [5, 5.41) is 3.98. The molecule has 0 atom stereocenters. The normalized spacial score (nSPS) is 15.6. The number of sulfonamides is 1. The molecule has 0 saturated heterocycles. The van der Waals surface area contributed by atoms with Crippen LogP contribution in [-0.4, -0.2) is 39.5 Å². The van der Waals surface area contributed by atoms with E-state index in [4.69, 9.17) is 0 Å².